The zero-order valence-electron chi connectivity index (χ0n) is 9.47. The molecule has 0 saturated carbocycles. The minimum atomic E-state index is 0.153. The highest BCUT2D eigenvalue weighted by Gasteiger charge is 2.19. The van der Waals surface area contributed by atoms with Gasteiger partial charge in [-0.2, -0.15) is 0 Å². The van der Waals surface area contributed by atoms with Crippen LogP contribution in [-0.2, 0) is 4.74 Å². The van der Waals surface area contributed by atoms with Crippen LogP contribution in [0.25, 0.3) is 0 Å². The molecule has 4 nitrogen and oxygen atoms in total. The van der Waals surface area contributed by atoms with Crippen LogP contribution >= 0.6 is 0 Å². The highest BCUT2D eigenvalue weighted by Crippen LogP contribution is 2.15. The molecule has 1 heterocycles. The molecule has 1 atom stereocenters. The van der Waals surface area contributed by atoms with E-state index in [0.717, 1.165) is 13.1 Å². The van der Waals surface area contributed by atoms with Crippen LogP contribution in [0.15, 0.2) is 35.3 Å². The topological polar surface area (TPSA) is 50.9 Å². The Morgan fingerprint density at radius 1 is 1.44 bits per heavy atom. The Balaban J connectivity index is 2.01. The van der Waals surface area contributed by atoms with Gasteiger partial charge in [-0.25, -0.2) is 4.99 Å². The van der Waals surface area contributed by atoms with Gasteiger partial charge < -0.3 is 15.4 Å². The van der Waals surface area contributed by atoms with E-state index in [2.05, 4.69) is 28.9 Å². The summed E-state index contributed by atoms with van der Waals surface area (Å²) in [5.74, 6) is 0. The number of anilines is 1. The third-order valence-corrected chi connectivity index (χ3v) is 2.67. The number of rotatable bonds is 4. The van der Waals surface area contributed by atoms with Crippen molar-refractivity contribution in [2.75, 3.05) is 24.6 Å². The molecule has 0 aliphatic carbocycles. The first kappa shape index (κ1) is 10.8. The Hall–Kier alpha value is -1.71. The van der Waals surface area contributed by atoms with Crippen molar-refractivity contribution in [3.63, 3.8) is 0 Å². The van der Waals surface area contributed by atoms with Gasteiger partial charge in [-0.15, -0.1) is 0 Å². The molecule has 0 radical (unpaired) electrons. The number of benzene rings is 1. The molecule has 2 rings (SSSR count). The maximum atomic E-state index is 5.49. The first-order chi connectivity index (χ1) is 7.79. The first-order valence-electron chi connectivity index (χ1n) is 5.55. The SMILES string of the molecule is CCN(C[C@H]1COC(N)=N1)c1ccccc1. The predicted molar refractivity (Wildman–Crippen MR) is 65.7 cm³/mol. The molecule has 0 amide bonds. The van der Waals surface area contributed by atoms with Gasteiger partial charge in [0.1, 0.15) is 12.6 Å². The number of nitrogens with zero attached hydrogens (tertiary/aromatic N) is 2. The van der Waals surface area contributed by atoms with Crippen molar-refractivity contribution in [3.8, 4) is 0 Å². The van der Waals surface area contributed by atoms with Crippen molar-refractivity contribution >= 4 is 11.7 Å². The third-order valence-electron chi connectivity index (χ3n) is 2.67. The van der Waals surface area contributed by atoms with E-state index >= 15 is 0 Å². The van der Waals surface area contributed by atoms with Gasteiger partial charge in [0.05, 0.1) is 0 Å². The molecular weight excluding hydrogens is 202 g/mol. The molecule has 0 aromatic heterocycles. The monoisotopic (exact) mass is 219 g/mol. The Morgan fingerprint density at radius 2 is 2.19 bits per heavy atom. The summed E-state index contributed by atoms with van der Waals surface area (Å²) in [6.45, 7) is 4.53. The molecule has 0 bridgehead atoms. The maximum Gasteiger partial charge on any atom is 0.282 e. The molecule has 86 valence electrons. The van der Waals surface area contributed by atoms with Gasteiger partial charge in [0.15, 0.2) is 0 Å². The highest BCUT2D eigenvalue weighted by atomic mass is 16.5. The molecule has 0 spiro atoms. The molecule has 1 aromatic carbocycles. The summed E-state index contributed by atoms with van der Waals surface area (Å²) in [5.41, 5.74) is 6.70. The molecule has 0 saturated heterocycles. The van der Waals surface area contributed by atoms with Crippen LogP contribution in [-0.4, -0.2) is 31.8 Å². The van der Waals surface area contributed by atoms with Crippen LogP contribution in [0.4, 0.5) is 5.69 Å². The summed E-state index contributed by atoms with van der Waals surface area (Å²) in [6.07, 6.45) is 0. The van der Waals surface area contributed by atoms with Crippen molar-refractivity contribution < 1.29 is 4.74 Å². The minimum absolute atomic E-state index is 0.153. The minimum Gasteiger partial charge on any atom is -0.463 e. The highest BCUT2D eigenvalue weighted by molar-refractivity contribution is 5.73. The number of amidine groups is 1. The average Bonchev–Trinajstić information content (AvgIpc) is 2.73. The Kier molecular flexibility index (Phi) is 3.29. The van der Waals surface area contributed by atoms with E-state index in [0.29, 0.717) is 12.6 Å². The van der Waals surface area contributed by atoms with Crippen LogP contribution in [0.1, 0.15) is 6.92 Å². The Bertz CT molecular complexity index is 364. The van der Waals surface area contributed by atoms with Crippen molar-refractivity contribution in [3.05, 3.63) is 30.3 Å². The largest absolute Gasteiger partial charge is 0.463 e. The second-order valence-corrected chi connectivity index (χ2v) is 3.81. The van der Waals surface area contributed by atoms with E-state index in [1.54, 1.807) is 0 Å². The van der Waals surface area contributed by atoms with Crippen molar-refractivity contribution in [2.45, 2.75) is 13.0 Å². The lowest BCUT2D eigenvalue weighted by atomic mass is 10.2. The second kappa shape index (κ2) is 4.88. The predicted octanol–water partition coefficient (Wildman–Crippen LogP) is 1.23. The molecule has 2 N–H and O–H groups in total. The lowest BCUT2D eigenvalue weighted by Gasteiger charge is -2.24. The number of nitrogens with two attached hydrogens (primary N) is 1. The number of ether oxygens (including phenoxy) is 1. The van der Waals surface area contributed by atoms with Gasteiger partial charge in [-0.3, -0.25) is 0 Å². The summed E-state index contributed by atoms with van der Waals surface area (Å²) in [4.78, 5) is 6.51. The number of likely N-dealkylation sites (N-methyl/N-ethyl adjacent to an activating group) is 1. The fraction of sp³-hybridized carbons (Fsp3) is 0.417. The third kappa shape index (κ3) is 2.45. The molecular formula is C12H17N3O. The summed E-state index contributed by atoms with van der Waals surface area (Å²) >= 11 is 0. The zero-order valence-corrected chi connectivity index (χ0v) is 9.47. The fourth-order valence-corrected chi connectivity index (χ4v) is 1.84. The number of para-hydroxylation sites is 1. The van der Waals surface area contributed by atoms with Crippen LogP contribution in [0, 0.1) is 0 Å². The summed E-state index contributed by atoms with van der Waals surface area (Å²) < 4.78 is 5.15. The molecule has 1 aliphatic rings. The van der Waals surface area contributed by atoms with Gasteiger partial charge in [0.25, 0.3) is 6.02 Å². The number of hydrogen-bond donors (Lipinski definition) is 1. The normalized spacial score (nSPS) is 19.1. The second-order valence-electron chi connectivity index (χ2n) is 3.81. The Morgan fingerprint density at radius 3 is 2.75 bits per heavy atom. The summed E-state index contributed by atoms with van der Waals surface area (Å²) in [5, 5.41) is 0. The van der Waals surface area contributed by atoms with Crippen LogP contribution in [0.5, 0.6) is 0 Å². The van der Waals surface area contributed by atoms with Crippen LogP contribution in [0.2, 0.25) is 0 Å². The van der Waals surface area contributed by atoms with Crippen molar-refractivity contribution in [2.24, 2.45) is 10.7 Å². The molecule has 0 fully saturated rings. The van der Waals surface area contributed by atoms with Gasteiger partial charge >= 0.3 is 0 Å². The van der Waals surface area contributed by atoms with E-state index in [1.807, 2.05) is 18.2 Å². The standard InChI is InChI=1S/C12H17N3O/c1-2-15(11-6-4-3-5-7-11)8-10-9-16-12(13)14-10/h3-7,10H,2,8-9H2,1H3,(H2,13,14)/t10-/m0/s1. The molecule has 4 heteroatoms. The molecule has 16 heavy (non-hydrogen) atoms. The quantitative estimate of drug-likeness (QED) is 0.828. The fourth-order valence-electron chi connectivity index (χ4n) is 1.84. The summed E-state index contributed by atoms with van der Waals surface area (Å²) in [6, 6.07) is 10.8. The Labute approximate surface area is 95.7 Å². The zero-order chi connectivity index (χ0) is 11.4. The van der Waals surface area contributed by atoms with E-state index in [-0.39, 0.29) is 6.04 Å². The van der Waals surface area contributed by atoms with Gasteiger partial charge in [-0.1, -0.05) is 18.2 Å². The van der Waals surface area contributed by atoms with Crippen molar-refractivity contribution in [1.29, 1.82) is 0 Å². The van der Waals surface area contributed by atoms with Crippen LogP contribution in [0.3, 0.4) is 0 Å². The lowest BCUT2D eigenvalue weighted by Crippen LogP contribution is -2.32. The van der Waals surface area contributed by atoms with E-state index in [1.165, 1.54) is 5.69 Å². The maximum absolute atomic E-state index is 5.49. The summed E-state index contributed by atoms with van der Waals surface area (Å²) in [7, 11) is 0. The molecule has 1 aliphatic heterocycles. The first-order valence-corrected chi connectivity index (χ1v) is 5.55. The van der Waals surface area contributed by atoms with E-state index in [9.17, 15) is 0 Å². The smallest absolute Gasteiger partial charge is 0.282 e. The lowest BCUT2D eigenvalue weighted by molar-refractivity contribution is 0.313. The van der Waals surface area contributed by atoms with Crippen LogP contribution < -0.4 is 10.6 Å². The molecule has 0 unspecified atom stereocenters. The number of hydrogen-bond acceptors (Lipinski definition) is 4. The van der Waals surface area contributed by atoms with Crippen molar-refractivity contribution in [1.82, 2.24) is 0 Å². The van der Waals surface area contributed by atoms with Gasteiger partial charge in [-0.05, 0) is 19.1 Å². The van der Waals surface area contributed by atoms with Gasteiger partial charge in [0.2, 0.25) is 0 Å². The number of aliphatic imine (C=N–C) groups is 1. The van der Waals surface area contributed by atoms with E-state index < -0.39 is 0 Å². The molecule has 1 aromatic rings. The van der Waals surface area contributed by atoms with E-state index in [4.69, 9.17) is 10.5 Å². The van der Waals surface area contributed by atoms with Gasteiger partial charge in [0, 0.05) is 18.8 Å². The average molecular weight is 219 g/mol.